The Morgan fingerprint density at radius 2 is 2.14 bits per heavy atom. The lowest BCUT2D eigenvalue weighted by atomic mass is 10.2. The van der Waals surface area contributed by atoms with Gasteiger partial charge in [0, 0.05) is 15.8 Å². The summed E-state index contributed by atoms with van der Waals surface area (Å²) >= 11 is 1.59. The maximum Gasteiger partial charge on any atom is 0.161 e. The Bertz CT molecular complexity index is 655. The van der Waals surface area contributed by atoms with Gasteiger partial charge in [-0.15, -0.1) is 11.3 Å². The van der Waals surface area contributed by atoms with E-state index in [0.29, 0.717) is 24.7 Å². The van der Waals surface area contributed by atoms with Crippen LogP contribution in [0.5, 0.6) is 11.5 Å². The van der Waals surface area contributed by atoms with Crippen molar-refractivity contribution in [1.82, 2.24) is 0 Å². The first-order valence-electron chi connectivity index (χ1n) is 6.43. The Labute approximate surface area is 128 Å². The highest BCUT2D eigenvalue weighted by Gasteiger charge is 2.07. The van der Waals surface area contributed by atoms with Gasteiger partial charge in [0.15, 0.2) is 11.5 Å². The van der Waals surface area contributed by atoms with E-state index in [4.69, 9.17) is 20.3 Å². The fraction of sp³-hybridized carbons (Fsp3) is 0.250. The highest BCUT2D eigenvalue weighted by atomic mass is 32.1. The lowest BCUT2D eigenvalue weighted by molar-refractivity contribution is 0.275. The molecule has 0 unspecified atom stereocenters. The first kappa shape index (κ1) is 15.4. The van der Waals surface area contributed by atoms with Crippen molar-refractivity contribution in [3.8, 4) is 23.3 Å². The van der Waals surface area contributed by atoms with Crippen LogP contribution in [-0.4, -0.2) is 18.8 Å². The van der Waals surface area contributed by atoms with E-state index < -0.39 is 0 Å². The van der Waals surface area contributed by atoms with Gasteiger partial charge in [-0.3, -0.25) is 0 Å². The molecular formula is C16H17NO3S. The van der Waals surface area contributed by atoms with Gasteiger partial charge < -0.3 is 20.3 Å². The number of hydrogen-bond donors (Lipinski definition) is 2. The van der Waals surface area contributed by atoms with E-state index in [-0.39, 0.29) is 6.61 Å². The largest absolute Gasteiger partial charge is 0.493 e. The second-order valence-corrected chi connectivity index (χ2v) is 5.24. The molecule has 0 aliphatic heterocycles. The SMILES string of the molecule is COc1cc(CO)ccc1OCc1cc(C#CCN)cs1. The van der Waals surface area contributed by atoms with Crippen LogP contribution in [0, 0.1) is 11.8 Å². The predicted octanol–water partition coefficient (Wildman–Crippen LogP) is 2.14. The summed E-state index contributed by atoms with van der Waals surface area (Å²) in [7, 11) is 1.58. The molecule has 4 nitrogen and oxygen atoms in total. The van der Waals surface area contributed by atoms with Gasteiger partial charge in [0.1, 0.15) is 6.61 Å². The van der Waals surface area contributed by atoms with Gasteiger partial charge in [-0.2, -0.15) is 0 Å². The van der Waals surface area contributed by atoms with Crippen LogP contribution in [0.4, 0.5) is 0 Å². The minimum atomic E-state index is -0.0231. The summed E-state index contributed by atoms with van der Waals surface area (Å²) in [5.41, 5.74) is 7.08. The van der Waals surface area contributed by atoms with Gasteiger partial charge in [0.25, 0.3) is 0 Å². The first-order valence-corrected chi connectivity index (χ1v) is 7.31. The lowest BCUT2D eigenvalue weighted by Gasteiger charge is -2.10. The summed E-state index contributed by atoms with van der Waals surface area (Å²) < 4.78 is 11.0. The maximum atomic E-state index is 9.11. The highest BCUT2D eigenvalue weighted by Crippen LogP contribution is 2.29. The molecule has 5 heteroatoms. The van der Waals surface area contributed by atoms with E-state index in [1.54, 1.807) is 30.6 Å². The molecule has 0 aliphatic carbocycles. The van der Waals surface area contributed by atoms with Gasteiger partial charge in [-0.05, 0) is 23.8 Å². The Morgan fingerprint density at radius 3 is 2.86 bits per heavy atom. The lowest BCUT2D eigenvalue weighted by Crippen LogP contribution is -1.97. The molecular weight excluding hydrogens is 286 g/mol. The summed E-state index contributed by atoms with van der Waals surface area (Å²) in [6, 6.07) is 7.36. The third kappa shape index (κ3) is 4.23. The standard InChI is InChI=1S/C16H17NO3S/c1-19-16-8-12(9-18)4-5-15(16)20-10-14-7-13(11-21-14)3-2-6-17/h4-5,7-8,11,18H,6,9-10,17H2,1H3. The van der Waals surface area contributed by atoms with Gasteiger partial charge in [0.2, 0.25) is 0 Å². The molecule has 0 fully saturated rings. The molecule has 1 heterocycles. The molecule has 0 radical (unpaired) electrons. The molecule has 0 bridgehead atoms. The summed E-state index contributed by atoms with van der Waals surface area (Å²) in [6.07, 6.45) is 0. The number of rotatable bonds is 5. The van der Waals surface area contributed by atoms with Crippen LogP contribution in [-0.2, 0) is 13.2 Å². The fourth-order valence-electron chi connectivity index (χ4n) is 1.75. The molecule has 0 saturated heterocycles. The van der Waals surface area contributed by atoms with Gasteiger partial charge in [-0.25, -0.2) is 0 Å². The molecule has 0 spiro atoms. The molecule has 3 N–H and O–H groups in total. The third-order valence-electron chi connectivity index (χ3n) is 2.77. The molecule has 0 saturated carbocycles. The van der Waals surface area contributed by atoms with Gasteiger partial charge in [-0.1, -0.05) is 17.9 Å². The quantitative estimate of drug-likeness (QED) is 0.831. The van der Waals surface area contributed by atoms with Crippen molar-refractivity contribution in [2.45, 2.75) is 13.2 Å². The normalized spacial score (nSPS) is 9.86. The minimum absolute atomic E-state index is 0.0231. The zero-order chi connectivity index (χ0) is 15.1. The molecule has 0 aliphatic rings. The summed E-state index contributed by atoms with van der Waals surface area (Å²) in [6.45, 7) is 0.782. The van der Waals surface area contributed by atoms with Crippen LogP contribution in [0.25, 0.3) is 0 Å². The molecule has 0 atom stereocenters. The molecule has 1 aromatic heterocycles. The first-order chi connectivity index (χ1) is 10.3. The molecule has 2 rings (SSSR count). The Hall–Kier alpha value is -2.00. The number of thiophene rings is 1. The number of aliphatic hydroxyl groups is 1. The predicted molar refractivity (Wildman–Crippen MR) is 83.5 cm³/mol. The van der Waals surface area contributed by atoms with Crippen LogP contribution in [0.2, 0.25) is 0 Å². The highest BCUT2D eigenvalue weighted by molar-refractivity contribution is 7.10. The molecule has 2 aromatic rings. The van der Waals surface area contributed by atoms with E-state index >= 15 is 0 Å². The molecule has 1 aromatic carbocycles. The fourth-order valence-corrected chi connectivity index (χ4v) is 2.48. The smallest absolute Gasteiger partial charge is 0.161 e. The number of methoxy groups -OCH3 is 1. The van der Waals surface area contributed by atoms with Crippen LogP contribution in [0.1, 0.15) is 16.0 Å². The Morgan fingerprint density at radius 1 is 1.29 bits per heavy atom. The number of hydrogen-bond acceptors (Lipinski definition) is 5. The van der Waals surface area contributed by atoms with Crippen LogP contribution < -0.4 is 15.2 Å². The van der Waals surface area contributed by atoms with Gasteiger partial charge in [0.05, 0.1) is 20.3 Å². The number of nitrogens with two attached hydrogens (primary N) is 1. The number of ether oxygens (including phenoxy) is 2. The third-order valence-corrected chi connectivity index (χ3v) is 3.68. The van der Waals surface area contributed by atoms with Crippen molar-refractivity contribution in [3.05, 3.63) is 45.6 Å². The Kier molecular flexibility index (Phi) is 5.64. The van der Waals surface area contributed by atoms with E-state index in [9.17, 15) is 0 Å². The average molecular weight is 303 g/mol. The molecule has 110 valence electrons. The zero-order valence-electron chi connectivity index (χ0n) is 11.8. The number of aliphatic hydroxyl groups excluding tert-OH is 1. The summed E-state index contributed by atoms with van der Waals surface area (Å²) in [5.74, 6) is 7.07. The molecule has 0 amide bonds. The van der Waals surface area contributed by atoms with Gasteiger partial charge >= 0.3 is 0 Å². The van der Waals surface area contributed by atoms with E-state index in [1.807, 2.05) is 17.5 Å². The van der Waals surface area contributed by atoms with Crippen molar-refractivity contribution >= 4 is 11.3 Å². The van der Waals surface area contributed by atoms with Crippen molar-refractivity contribution in [1.29, 1.82) is 0 Å². The molecule has 21 heavy (non-hydrogen) atoms. The van der Waals surface area contributed by atoms with Crippen LogP contribution in [0.3, 0.4) is 0 Å². The monoisotopic (exact) mass is 303 g/mol. The van der Waals surface area contributed by atoms with Crippen molar-refractivity contribution in [2.24, 2.45) is 5.73 Å². The number of benzene rings is 1. The Balaban J connectivity index is 2.04. The van der Waals surface area contributed by atoms with Crippen molar-refractivity contribution in [3.63, 3.8) is 0 Å². The second kappa shape index (κ2) is 7.70. The summed E-state index contributed by atoms with van der Waals surface area (Å²) in [5, 5.41) is 11.1. The minimum Gasteiger partial charge on any atom is -0.493 e. The van der Waals surface area contributed by atoms with E-state index in [2.05, 4.69) is 11.8 Å². The van der Waals surface area contributed by atoms with Crippen molar-refractivity contribution < 1.29 is 14.6 Å². The van der Waals surface area contributed by atoms with Crippen LogP contribution in [0.15, 0.2) is 29.6 Å². The topological polar surface area (TPSA) is 64.7 Å². The maximum absolute atomic E-state index is 9.11. The van der Waals surface area contributed by atoms with E-state index in [1.165, 1.54) is 0 Å². The summed E-state index contributed by atoms with van der Waals surface area (Å²) in [4.78, 5) is 1.07. The average Bonchev–Trinajstić information content (AvgIpc) is 2.98. The van der Waals surface area contributed by atoms with E-state index in [0.717, 1.165) is 16.0 Å². The van der Waals surface area contributed by atoms with Crippen LogP contribution >= 0.6 is 11.3 Å². The second-order valence-electron chi connectivity index (χ2n) is 4.24. The van der Waals surface area contributed by atoms with Crippen molar-refractivity contribution in [2.75, 3.05) is 13.7 Å². The zero-order valence-corrected chi connectivity index (χ0v) is 12.6.